The topological polar surface area (TPSA) is 66.5 Å². The van der Waals surface area contributed by atoms with Crippen molar-refractivity contribution < 1.29 is 9.53 Å². The van der Waals surface area contributed by atoms with Crippen LogP contribution in [0.15, 0.2) is 30.3 Å². The van der Waals surface area contributed by atoms with Crippen molar-refractivity contribution in [2.45, 2.75) is 12.6 Å². The van der Waals surface area contributed by atoms with Crippen LogP contribution in [0.2, 0.25) is 0 Å². The monoisotopic (exact) mass is 386 g/mol. The number of anilines is 1. The number of rotatable bonds is 4. The summed E-state index contributed by atoms with van der Waals surface area (Å²) in [4.78, 5) is 18.8. The minimum atomic E-state index is -0.412. The fourth-order valence-electron chi connectivity index (χ4n) is 2.64. The molecule has 1 fully saturated rings. The summed E-state index contributed by atoms with van der Waals surface area (Å²) in [6.07, 6.45) is -0.412. The van der Waals surface area contributed by atoms with Crippen LogP contribution < -0.4 is 15.5 Å². The molecule has 138 valence electrons. The Kier molecular flexibility index (Phi) is 8.38. The highest BCUT2D eigenvalue weighted by atomic mass is 35.5. The van der Waals surface area contributed by atoms with Crippen molar-refractivity contribution >= 4 is 47.4 Å². The van der Waals surface area contributed by atoms with Crippen LogP contribution in [0.1, 0.15) is 5.56 Å². The zero-order valence-electron chi connectivity index (χ0n) is 14.3. The van der Waals surface area contributed by atoms with E-state index in [1.54, 1.807) is 0 Å². The van der Waals surface area contributed by atoms with E-state index in [-0.39, 0.29) is 30.7 Å². The average Bonchev–Trinajstić information content (AvgIpc) is 2.59. The van der Waals surface area contributed by atoms with Crippen molar-refractivity contribution in [2.75, 3.05) is 38.7 Å². The van der Waals surface area contributed by atoms with Gasteiger partial charge in [-0.1, -0.05) is 18.2 Å². The van der Waals surface area contributed by atoms with Crippen LogP contribution >= 0.6 is 24.8 Å². The summed E-state index contributed by atoms with van der Waals surface area (Å²) in [6, 6.07) is 9.99. The van der Waals surface area contributed by atoms with Crippen molar-refractivity contribution in [1.29, 1.82) is 0 Å². The first kappa shape index (κ1) is 21.4. The number of nitrogens with one attached hydrogen (secondary N) is 2. The minimum Gasteiger partial charge on any atom is -0.366 e. The molecular formula is C17H24Cl2N4O2. The molecule has 1 atom stereocenters. The van der Waals surface area contributed by atoms with Crippen molar-refractivity contribution in [3.63, 3.8) is 0 Å². The average molecular weight is 387 g/mol. The summed E-state index contributed by atoms with van der Waals surface area (Å²) in [7, 11) is 3.92. The Morgan fingerprint density at radius 2 is 2.12 bits per heavy atom. The number of benzene rings is 1. The summed E-state index contributed by atoms with van der Waals surface area (Å²) in [5, 5.41) is 7.20. The number of morpholine rings is 1. The minimum absolute atomic E-state index is 0. The van der Waals surface area contributed by atoms with Crippen molar-refractivity contribution in [1.82, 2.24) is 15.6 Å². The first-order valence-electron chi connectivity index (χ1n) is 7.81. The predicted octanol–water partition coefficient (Wildman–Crippen LogP) is 1.75. The van der Waals surface area contributed by atoms with Gasteiger partial charge in [-0.3, -0.25) is 4.79 Å². The molecule has 2 aromatic rings. The number of amides is 1. The fraction of sp³-hybridized carbons (Fsp3) is 0.412. The first-order chi connectivity index (χ1) is 11.1. The van der Waals surface area contributed by atoms with E-state index in [0.29, 0.717) is 19.7 Å². The Morgan fingerprint density at radius 3 is 2.80 bits per heavy atom. The van der Waals surface area contributed by atoms with Gasteiger partial charge in [-0.05, 0) is 17.7 Å². The smallest absolute Gasteiger partial charge is 0.250 e. The van der Waals surface area contributed by atoms with E-state index in [0.717, 1.165) is 28.8 Å². The largest absolute Gasteiger partial charge is 0.366 e. The number of para-hydroxylation sites is 1. The van der Waals surface area contributed by atoms with Gasteiger partial charge in [0.05, 0.1) is 12.1 Å². The van der Waals surface area contributed by atoms with Gasteiger partial charge in [-0.2, -0.15) is 0 Å². The number of ether oxygens (including phenoxy) is 1. The van der Waals surface area contributed by atoms with Gasteiger partial charge in [-0.15, -0.1) is 24.8 Å². The van der Waals surface area contributed by atoms with Crippen LogP contribution in [0, 0.1) is 0 Å². The number of carbonyl (C=O) groups excluding carboxylic acids is 1. The third-order valence-electron chi connectivity index (χ3n) is 3.92. The molecule has 0 bridgehead atoms. The molecule has 8 heteroatoms. The maximum atomic E-state index is 12.2. The molecule has 1 aromatic carbocycles. The highest BCUT2D eigenvalue weighted by Gasteiger charge is 2.21. The molecule has 1 unspecified atom stereocenters. The van der Waals surface area contributed by atoms with Crippen LogP contribution in [0.5, 0.6) is 0 Å². The Balaban J connectivity index is 0.00000156. The van der Waals surface area contributed by atoms with Gasteiger partial charge in [0, 0.05) is 39.1 Å². The Bertz CT molecular complexity index is 706. The lowest BCUT2D eigenvalue weighted by molar-refractivity contribution is -0.134. The van der Waals surface area contributed by atoms with E-state index in [1.165, 1.54) is 0 Å². The second-order valence-electron chi connectivity index (χ2n) is 5.83. The van der Waals surface area contributed by atoms with Gasteiger partial charge in [0.1, 0.15) is 11.9 Å². The fourth-order valence-corrected chi connectivity index (χ4v) is 2.64. The summed E-state index contributed by atoms with van der Waals surface area (Å²) in [6.45, 7) is 2.39. The molecule has 3 rings (SSSR count). The van der Waals surface area contributed by atoms with Gasteiger partial charge in [0.15, 0.2) is 0 Å². The van der Waals surface area contributed by atoms with E-state index in [1.807, 2.05) is 49.3 Å². The first-order valence-corrected chi connectivity index (χ1v) is 7.81. The number of pyridine rings is 1. The number of nitrogens with zero attached hydrogens (tertiary/aromatic N) is 2. The molecule has 0 spiro atoms. The van der Waals surface area contributed by atoms with E-state index in [2.05, 4.69) is 15.6 Å². The van der Waals surface area contributed by atoms with Crippen LogP contribution in [0.4, 0.5) is 5.82 Å². The van der Waals surface area contributed by atoms with E-state index < -0.39 is 6.10 Å². The number of aromatic nitrogens is 1. The van der Waals surface area contributed by atoms with Gasteiger partial charge in [-0.25, -0.2) is 4.98 Å². The molecular weight excluding hydrogens is 363 g/mol. The number of carbonyl (C=O) groups is 1. The van der Waals surface area contributed by atoms with Gasteiger partial charge >= 0.3 is 0 Å². The van der Waals surface area contributed by atoms with Gasteiger partial charge < -0.3 is 20.3 Å². The lowest BCUT2D eigenvalue weighted by Crippen LogP contribution is -2.47. The number of halogens is 2. The van der Waals surface area contributed by atoms with E-state index in [9.17, 15) is 4.79 Å². The van der Waals surface area contributed by atoms with Crippen LogP contribution in [0.25, 0.3) is 10.9 Å². The van der Waals surface area contributed by atoms with Gasteiger partial charge in [0.2, 0.25) is 0 Å². The number of hydrogen-bond acceptors (Lipinski definition) is 5. The molecule has 0 saturated carbocycles. The van der Waals surface area contributed by atoms with Crippen molar-refractivity contribution in [2.24, 2.45) is 0 Å². The molecule has 1 amide bonds. The highest BCUT2D eigenvalue weighted by Crippen LogP contribution is 2.22. The van der Waals surface area contributed by atoms with Crippen LogP contribution in [-0.2, 0) is 16.1 Å². The van der Waals surface area contributed by atoms with E-state index >= 15 is 0 Å². The summed E-state index contributed by atoms with van der Waals surface area (Å²) in [5.74, 6) is 0.799. The third-order valence-corrected chi connectivity index (χ3v) is 3.92. The Morgan fingerprint density at radius 1 is 1.36 bits per heavy atom. The van der Waals surface area contributed by atoms with E-state index in [4.69, 9.17) is 4.74 Å². The molecule has 2 N–H and O–H groups in total. The molecule has 1 aromatic heterocycles. The predicted molar refractivity (Wildman–Crippen MR) is 105 cm³/mol. The molecule has 2 heterocycles. The zero-order valence-corrected chi connectivity index (χ0v) is 16.0. The van der Waals surface area contributed by atoms with Crippen molar-refractivity contribution in [3.05, 3.63) is 35.9 Å². The summed E-state index contributed by atoms with van der Waals surface area (Å²) in [5.41, 5.74) is 1.98. The van der Waals surface area contributed by atoms with Gasteiger partial charge in [0.25, 0.3) is 5.91 Å². The van der Waals surface area contributed by atoms with Crippen LogP contribution in [0.3, 0.4) is 0 Å². The summed E-state index contributed by atoms with van der Waals surface area (Å²) >= 11 is 0. The highest BCUT2D eigenvalue weighted by molar-refractivity contribution is 5.86. The molecule has 6 nitrogen and oxygen atoms in total. The number of hydrogen-bond donors (Lipinski definition) is 2. The molecule has 0 aliphatic carbocycles. The normalized spacial score (nSPS) is 16.5. The SMILES string of the molecule is CN(C)c1cc(CNC(=O)C2CNCCO2)c2ccccc2n1.Cl.Cl. The quantitative estimate of drug-likeness (QED) is 0.837. The standard InChI is InChI=1S/C17H22N4O2.2ClH/c1-21(2)16-9-12(13-5-3-4-6-14(13)20-16)10-19-17(22)15-11-18-7-8-23-15;;/h3-6,9,15,18H,7-8,10-11H2,1-2H3,(H,19,22);2*1H. The van der Waals surface area contributed by atoms with Crippen molar-refractivity contribution in [3.8, 4) is 0 Å². The second-order valence-corrected chi connectivity index (χ2v) is 5.83. The molecule has 0 radical (unpaired) electrons. The lowest BCUT2D eigenvalue weighted by Gasteiger charge is -2.23. The number of fused-ring (bicyclic) bond motifs is 1. The summed E-state index contributed by atoms with van der Waals surface area (Å²) < 4.78 is 5.48. The Labute approximate surface area is 160 Å². The maximum Gasteiger partial charge on any atom is 0.250 e. The lowest BCUT2D eigenvalue weighted by atomic mass is 10.1. The zero-order chi connectivity index (χ0) is 16.2. The molecule has 1 aliphatic rings. The Hall–Kier alpha value is -1.60. The molecule has 1 aliphatic heterocycles. The second kappa shape index (κ2) is 9.77. The molecule has 25 heavy (non-hydrogen) atoms. The van der Waals surface area contributed by atoms with Crippen LogP contribution in [-0.4, -0.2) is 50.8 Å². The third kappa shape index (κ3) is 5.19. The maximum absolute atomic E-state index is 12.2. The molecule has 1 saturated heterocycles.